The SMILES string of the molecule is Nc1ccc(S(=O)(=O)Oc2cccc(CC(F)(F)F)c2)cc1[N+](=O)[O-]. The number of nitrogen functional groups attached to an aromatic ring is 1. The van der Waals surface area contributed by atoms with Gasteiger partial charge in [0.15, 0.2) is 0 Å². The molecule has 0 spiro atoms. The van der Waals surface area contributed by atoms with Crippen LogP contribution >= 0.6 is 0 Å². The quantitative estimate of drug-likeness (QED) is 0.371. The van der Waals surface area contributed by atoms with Crippen molar-refractivity contribution < 1.29 is 30.7 Å². The van der Waals surface area contributed by atoms with E-state index in [-0.39, 0.29) is 17.0 Å². The Morgan fingerprint density at radius 3 is 2.44 bits per heavy atom. The second kappa shape index (κ2) is 6.59. The smallest absolute Gasteiger partial charge is 0.393 e. The van der Waals surface area contributed by atoms with Crippen LogP contribution in [0.2, 0.25) is 0 Å². The molecule has 2 aromatic carbocycles. The van der Waals surface area contributed by atoms with Gasteiger partial charge in [0.05, 0.1) is 11.3 Å². The third-order valence-corrected chi connectivity index (χ3v) is 4.24. The van der Waals surface area contributed by atoms with Gasteiger partial charge in [-0.3, -0.25) is 10.1 Å². The summed E-state index contributed by atoms with van der Waals surface area (Å²) < 4.78 is 66.3. The van der Waals surface area contributed by atoms with Crippen LogP contribution in [0.4, 0.5) is 24.5 Å². The minimum absolute atomic E-state index is 0.191. The first-order chi connectivity index (χ1) is 11.5. The zero-order valence-electron chi connectivity index (χ0n) is 12.4. The average molecular weight is 376 g/mol. The fraction of sp³-hybridized carbons (Fsp3) is 0.143. The van der Waals surface area contributed by atoms with E-state index in [1.807, 2.05) is 0 Å². The molecule has 25 heavy (non-hydrogen) atoms. The van der Waals surface area contributed by atoms with Gasteiger partial charge >= 0.3 is 16.3 Å². The van der Waals surface area contributed by atoms with E-state index in [0.29, 0.717) is 6.07 Å². The number of nitrogens with two attached hydrogens (primary N) is 1. The predicted octanol–water partition coefficient (Wildman–Crippen LogP) is 3.05. The van der Waals surface area contributed by atoms with Gasteiger partial charge in [0.25, 0.3) is 5.69 Å². The highest BCUT2D eigenvalue weighted by Crippen LogP contribution is 2.28. The number of hydrogen-bond donors (Lipinski definition) is 1. The van der Waals surface area contributed by atoms with Crippen LogP contribution in [-0.4, -0.2) is 19.5 Å². The summed E-state index contributed by atoms with van der Waals surface area (Å²) in [7, 11) is -4.49. The van der Waals surface area contributed by atoms with Gasteiger partial charge in [0.2, 0.25) is 0 Å². The lowest BCUT2D eigenvalue weighted by Gasteiger charge is -2.10. The molecule has 0 fully saturated rings. The van der Waals surface area contributed by atoms with Gasteiger partial charge in [-0.05, 0) is 29.8 Å². The van der Waals surface area contributed by atoms with Crippen LogP contribution in [0.15, 0.2) is 47.4 Å². The van der Waals surface area contributed by atoms with Crippen molar-refractivity contribution in [1.82, 2.24) is 0 Å². The molecule has 0 heterocycles. The van der Waals surface area contributed by atoms with Gasteiger partial charge in [-0.2, -0.15) is 21.6 Å². The molecule has 134 valence electrons. The normalized spacial score (nSPS) is 12.0. The summed E-state index contributed by atoms with van der Waals surface area (Å²) in [4.78, 5) is 9.41. The van der Waals surface area contributed by atoms with Crippen LogP contribution < -0.4 is 9.92 Å². The van der Waals surface area contributed by atoms with Crippen molar-refractivity contribution in [3.8, 4) is 5.75 Å². The molecule has 2 aromatic rings. The summed E-state index contributed by atoms with van der Waals surface area (Å²) in [6.07, 6.45) is -5.72. The van der Waals surface area contributed by atoms with E-state index in [4.69, 9.17) is 9.92 Å². The van der Waals surface area contributed by atoms with E-state index in [1.54, 1.807) is 0 Å². The molecule has 0 saturated heterocycles. The van der Waals surface area contributed by atoms with E-state index in [2.05, 4.69) is 0 Å². The summed E-state index contributed by atoms with van der Waals surface area (Å²) in [5.74, 6) is -0.346. The molecule has 7 nitrogen and oxygen atoms in total. The van der Waals surface area contributed by atoms with Crippen molar-refractivity contribution in [1.29, 1.82) is 0 Å². The Morgan fingerprint density at radius 2 is 1.84 bits per heavy atom. The van der Waals surface area contributed by atoms with Crippen molar-refractivity contribution in [3.63, 3.8) is 0 Å². The number of nitro benzene ring substituents is 1. The van der Waals surface area contributed by atoms with E-state index in [0.717, 1.165) is 24.3 Å². The lowest BCUT2D eigenvalue weighted by atomic mass is 10.1. The highest BCUT2D eigenvalue weighted by Gasteiger charge is 2.28. The molecule has 0 atom stereocenters. The molecule has 2 N–H and O–H groups in total. The number of alkyl halides is 3. The van der Waals surface area contributed by atoms with Crippen molar-refractivity contribution in [3.05, 3.63) is 58.1 Å². The largest absolute Gasteiger partial charge is 0.393 e. The van der Waals surface area contributed by atoms with Crippen LogP contribution in [0.1, 0.15) is 5.56 Å². The first kappa shape index (κ1) is 18.5. The van der Waals surface area contributed by atoms with E-state index in [1.165, 1.54) is 12.1 Å². The maximum absolute atomic E-state index is 12.4. The third kappa shape index (κ3) is 4.83. The third-order valence-electron chi connectivity index (χ3n) is 3.00. The lowest BCUT2D eigenvalue weighted by molar-refractivity contribution is -0.384. The molecule has 0 aliphatic heterocycles. The summed E-state index contributed by atoms with van der Waals surface area (Å²) in [5.41, 5.74) is 4.32. The number of anilines is 1. The van der Waals surface area contributed by atoms with E-state index < -0.39 is 38.2 Å². The Morgan fingerprint density at radius 1 is 1.16 bits per heavy atom. The Balaban J connectivity index is 2.32. The molecule has 0 aliphatic carbocycles. The van der Waals surface area contributed by atoms with Gasteiger partial charge in [0.1, 0.15) is 16.3 Å². The van der Waals surface area contributed by atoms with Crippen molar-refractivity contribution in [2.24, 2.45) is 0 Å². The van der Waals surface area contributed by atoms with Crippen molar-refractivity contribution in [2.45, 2.75) is 17.5 Å². The van der Waals surface area contributed by atoms with Gasteiger partial charge in [-0.1, -0.05) is 12.1 Å². The Hall–Kier alpha value is -2.82. The summed E-state index contributed by atoms with van der Waals surface area (Å²) >= 11 is 0. The van der Waals surface area contributed by atoms with E-state index in [9.17, 15) is 31.7 Å². The maximum Gasteiger partial charge on any atom is 0.393 e. The fourth-order valence-electron chi connectivity index (χ4n) is 1.95. The average Bonchev–Trinajstić information content (AvgIpc) is 2.45. The number of nitrogens with zero attached hydrogens (tertiary/aromatic N) is 1. The van der Waals surface area contributed by atoms with Crippen LogP contribution in [0.25, 0.3) is 0 Å². The second-order valence-electron chi connectivity index (χ2n) is 4.95. The summed E-state index contributed by atoms with van der Waals surface area (Å²) in [6, 6.07) is 7.19. The topological polar surface area (TPSA) is 113 Å². The zero-order valence-corrected chi connectivity index (χ0v) is 13.2. The standard InChI is InChI=1S/C14H11F3N2O5S/c15-14(16,17)8-9-2-1-3-10(6-9)24-25(22,23)11-4-5-12(18)13(7-11)19(20)21/h1-7H,8,18H2. The fourth-order valence-corrected chi connectivity index (χ4v) is 2.89. The highest BCUT2D eigenvalue weighted by molar-refractivity contribution is 7.87. The second-order valence-corrected chi connectivity index (χ2v) is 6.50. The van der Waals surface area contributed by atoms with Crippen LogP contribution in [-0.2, 0) is 16.5 Å². The predicted molar refractivity (Wildman–Crippen MR) is 81.5 cm³/mol. The van der Waals surface area contributed by atoms with Gasteiger partial charge in [-0.15, -0.1) is 0 Å². The van der Waals surface area contributed by atoms with Gasteiger partial charge in [-0.25, -0.2) is 0 Å². The molecule has 0 aliphatic rings. The molecule has 0 amide bonds. The number of rotatable bonds is 5. The molecule has 0 saturated carbocycles. The minimum Gasteiger partial charge on any atom is -0.393 e. The number of hydrogen-bond acceptors (Lipinski definition) is 6. The summed E-state index contributed by atoms with van der Waals surface area (Å²) in [5, 5.41) is 10.8. The molecular weight excluding hydrogens is 365 g/mol. The van der Waals surface area contributed by atoms with Crippen LogP contribution in [0.3, 0.4) is 0 Å². The maximum atomic E-state index is 12.4. The van der Waals surface area contributed by atoms with Crippen LogP contribution in [0.5, 0.6) is 5.75 Å². The monoisotopic (exact) mass is 376 g/mol. The molecule has 0 aromatic heterocycles. The molecule has 11 heteroatoms. The Labute approximate surface area is 140 Å². The molecule has 0 bridgehead atoms. The molecular formula is C14H11F3N2O5S. The van der Waals surface area contributed by atoms with Crippen LogP contribution in [0, 0.1) is 10.1 Å². The lowest BCUT2D eigenvalue weighted by Crippen LogP contribution is -2.13. The van der Waals surface area contributed by atoms with Gasteiger partial charge < -0.3 is 9.92 Å². The van der Waals surface area contributed by atoms with E-state index >= 15 is 0 Å². The molecule has 0 radical (unpaired) electrons. The molecule has 0 unspecified atom stereocenters. The first-order valence-electron chi connectivity index (χ1n) is 6.62. The zero-order chi connectivity index (χ0) is 18.8. The first-order valence-corrected chi connectivity index (χ1v) is 8.03. The number of halogens is 3. The Bertz CT molecular complexity index is 913. The molecule has 2 rings (SSSR count). The summed E-state index contributed by atoms with van der Waals surface area (Å²) in [6.45, 7) is 0. The number of benzene rings is 2. The number of nitro groups is 1. The minimum atomic E-state index is -4.49. The van der Waals surface area contributed by atoms with Crippen molar-refractivity contribution in [2.75, 3.05) is 5.73 Å². The van der Waals surface area contributed by atoms with Crippen molar-refractivity contribution >= 4 is 21.5 Å². The highest BCUT2D eigenvalue weighted by atomic mass is 32.2. The van der Waals surface area contributed by atoms with Gasteiger partial charge in [0, 0.05) is 6.07 Å². The Kier molecular flexibility index (Phi) is 4.88.